The molecule has 0 bridgehead atoms. The summed E-state index contributed by atoms with van der Waals surface area (Å²) in [6.45, 7) is 0. The van der Waals surface area contributed by atoms with Crippen molar-refractivity contribution in [2.45, 2.75) is 18.8 Å². The van der Waals surface area contributed by atoms with Crippen molar-refractivity contribution < 1.29 is 19.4 Å². The zero-order valence-corrected chi connectivity index (χ0v) is 12.8. The Morgan fingerprint density at radius 2 is 1.82 bits per heavy atom. The lowest BCUT2D eigenvalue weighted by Crippen LogP contribution is -2.14. The lowest BCUT2D eigenvalue weighted by molar-refractivity contribution is -0.139. The maximum absolute atomic E-state index is 11.7. The number of carboxylic acid groups (broad SMARTS) is 1. The molecule has 0 spiro atoms. The second kappa shape index (κ2) is 7.50. The van der Waals surface area contributed by atoms with Crippen molar-refractivity contribution >= 4 is 5.97 Å². The number of aliphatic carboxylic acids is 1. The fourth-order valence-corrected chi connectivity index (χ4v) is 2.48. The summed E-state index contributed by atoms with van der Waals surface area (Å²) in [6, 6.07) is 15.1. The highest BCUT2D eigenvalue weighted by Gasteiger charge is 2.24. The molecule has 0 aromatic heterocycles. The molecule has 1 unspecified atom stereocenters. The number of rotatable bonds is 7. The van der Waals surface area contributed by atoms with Gasteiger partial charge >= 0.3 is 5.97 Å². The molecule has 2 rings (SSSR count). The van der Waals surface area contributed by atoms with Gasteiger partial charge in [0.15, 0.2) is 0 Å². The third-order valence-electron chi connectivity index (χ3n) is 3.67. The Kier molecular flexibility index (Phi) is 5.42. The van der Waals surface area contributed by atoms with E-state index < -0.39 is 11.9 Å². The Morgan fingerprint density at radius 1 is 1.09 bits per heavy atom. The van der Waals surface area contributed by atoms with E-state index in [1.165, 1.54) is 0 Å². The van der Waals surface area contributed by atoms with Crippen LogP contribution in [0.4, 0.5) is 0 Å². The Hall–Kier alpha value is -2.49. The topological polar surface area (TPSA) is 55.8 Å². The molecular formula is C18H20O4. The second-order valence-corrected chi connectivity index (χ2v) is 5.02. The molecule has 0 fully saturated rings. The fraction of sp³-hybridized carbons (Fsp3) is 0.278. The molecule has 4 heteroatoms. The third-order valence-corrected chi connectivity index (χ3v) is 3.67. The minimum atomic E-state index is -0.859. The first-order chi connectivity index (χ1) is 10.7. The Labute approximate surface area is 130 Å². The predicted octanol–water partition coefficient (Wildman–Crippen LogP) is 3.50. The van der Waals surface area contributed by atoms with Gasteiger partial charge in [-0.25, -0.2) is 0 Å². The Balaban J connectivity index is 2.25. The Morgan fingerprint density at radius 3 is 2.41 bits per heavy atom. The summed E-state index contributed by atoms with van der Waals surface area (Å²) in [5, 5.41) is 9.59. The highest BCUT2D eigenvalue weighted by Crippen LogP contribution is 2.33. The van der Waals surface area contributed by atoms with E-state index in [-0.39, 0.29) is 0 Å². The van der Waals surface area contributed by atoms with Crippen molar-refractivity contribution in [1.29, 1.82) is 0 Å². The molecule has 1 atom stereocenters. The molecule has 0 radical (unpaired) electrons. The van der Waals surface area contributed by atoms with E-state index in [1.54, 1.807) is 32.4 Å². The van der Waals surface area contributed by atoms with Crippen LogP contribution < -0.4 is 9.47 Å². The predicted molar refractivity (Wildman–Crippen MR) is 84.7 cm³/mol. The van der Waals surface area contributed by atoms with Gasteiger partial charge in [0.25, 0.3) is 0 Å². The van der Waals surface area contributed by atoms with Crippen molar-refractivity contribution in [1.82, 2.24) is 0 Å². The molecule has 116 valence electrons. The minimum absolute atomic E-state index is 0.503. The minimum Gasteiger partial charge on any atom is -0.497 e. The van der Waals surface area contributed by atoms with Crippen LogP contribution in [0.1, 0.15) is 23.5 Å². The maximum Gasteiger partial charge on any atom is 0.311 e. The van der Waals surface area contributed by atoms with Gasteiger partial charge in [-0.3, -0.25) is 4.79 Å². The van der Waals surface area contributed by atoms with Crippen LogP contribution in [-0.4, -0.2) is 25.3 Å². The monoisotopic (exact) mass is 300 g/mol. The van der Waals surface area contributed by atoms with E-state index in [4.69, 9.17) is 9.47 Å². The number of carboxylic acids is 1. The number of hydrogen-bond donors (Lipinski definition) is 1. The number of ether oxygens (including phenoxy) is 2. The lowest BCUT2D eigenvalue weighted by atomic mass is 9.91. The zero-order chi connectivity index (χ0) is 15.9. The molecule has 1 N–H and O–H groups in total. The van der Waals surface area contributed by atoms with Crippen LogP contribution in [0.3, 0.4) is 0 Å². The summed E-state index contributed by atoms with van der Waals surface area (Å²) in [6.07, 6.45) is 1.20. The average Bonchev–Trinajstić information content (AvgIpc) is 2.55. The van der Waals surface area contributed by atoms with Gasteiger partial charge in [0.1, 0.15) is 11.5 Å². The highest BCUT2D eigenvalue weighted by atomic mass is 16.5. The first-order valence-corrected chi connectivity index (χ1v) is 7.14. The quantitative estimate of drug-likeness (QED) is 0.850. The molecule has 0 aliphatic rings. The summed E-state index contributed by atoms with van der Waals surface area (Å²) < 4.78 is 10.5. The zero-order valence-electron chi connectivity index (χ0n) is 12.8. The highest BCUT2D eigenvalue weighted by molar-refractivity contribution is 5.77. The molecule has 4 nitrogen and oxygen atoms in total. The van der Waals surface area contributed by atoms with Gasteiger partial charge in [0.2, 0.25) is 0 Å². The maximum atomic E-state index is 11.7. The number of aryl methyl sites for hydroxylation is 1. The van der Waals surface area contributed by atoms with Crippen molar-refractivity contribution in [3.63, 3.8) is 0 Å². The van der Waals surface area contributed by atoms with E-state index >= 15 is 0 Å². The largest absolute Gasteiger partial charge is 0.497 e. The molecule has 0 aliphatic carbocycles. The summed E-state index contributed by atoms with van der Waals surface area (Å²) in [7, 11) is 3.10. The second-order valence-electron chi connectivity index (χ2n) is 5.02. The molecule has 22 heavy (non-hydrogen) atoms. The first-order valence-electron chi connectivity index (χ1n) is 7.14. The van der Waals surface area contributed by atoms with Crippen LogP contribution in [0.25, 0.3) is 0 Å². The summed E-state index contributed by atoms with van der Waals surface area (Å²) >= 11 is 0. The normalized spacial score (nSPS) is 11.7. The van der Waals surface area contributed by atoms with Crippen LogP contribution in [0.5, 0.6) is 11.5 Å². The van der Waals surface area contributed by atoms with Crippen molar-refractivity contribution in [2.24, 2.45) is 0 Å². The van der Waals surface area contributed by atoms with Crippen LogP contribution >= 0.6 is 0 Å². The molecule has 2 aromatic rings. The number of methoxy groups -OCH3 is 2. The molecule has 0 saturated heterocycles. The molecule has 0 saturated carbocycles. The van der Waals surface area contributed by atoms with Crippen LogP contribution in [0.15, 0.2) is 48.5 Å². The standard InChI is InChI=1S/C18H20O4/c1-21-14-9-11-17(22-2)16(12-14)15(18(19)20)10-8-13-6-4-3-5-7-13/h3-7,9,11-12,15H,8,10H2,1-2H3,(H,19,20). The smallest absolute Gasteiger partial charge is 0.311 e. The van der Waals surface area contributed by atoms with Gasteiger partial charge in [0.05, 0.1) is 20.1 Å². The molecule has 0 aliphatic heterocycles. The fourth-order valence-electron chi connectivity index (χ4n) is 2.48. The van der Waals surface area contributed by atoms with E-state index in [1.807, 2.05) is 30.3 Å². The van der Waals surface area contributed by atoms with E-state index in [0.29, 0.717) is 29.9 Å². The Bertz CT molecular complexity index is 622. The average molecular weight is 300 g/mol. The van der Waals surface area contributed by atoms with Gasteiger partial charge in [-0.15, -0.1) is 0 Å². The lowest BCUT2D eigenvalue weighted by Gasteiger charge is -2.17. The summed E-state index contributed by atoms with van der Waals surface area (Å²) in [4.78, 5) is 11.7. The summed E-state index contributed by atoms with van der Waals surface area (Å²) in [5.41, 5.74) is 1.76. The van der Waals surface area contributed by atoms with Crippen LogP contribution in [0.2, 0.25) is 0 Å². The van der Waals surface area contributed by atoms with E-state index in [0.717, 1.165) is 5.56 Å². The van der Waals surface area contributed by atoms with E-state index in [9.17, 15) is 9.90 Å². The molecule has 2 aromatic carbocycles. The first kappa shape index (κ1) is 15.9. The number of benzene rings is 2. The van der Waals surface area contributed by atoms with Crippen molar-refractivity contribution in [3.8, 4) is 11.5 Å². The van der Waals surface area contributed by atoms with Crippen LogP contribution in [-0.2, 0) is 11.2 Å². The SMILES string of the molecule is COc1ccc(OC)c(C(CCc2ccccc2)C(=O)O)c1. The molecule has 0 heterocycles. The summed E-state index contributed by atoms with van der Waals surface area (Å²) in [5.74, 6) is -0.296. The molecular weight excluding hydrogens is 280 g/mol. The van der Waals surface area contributed by atoms with Crippen molar-refractivity contribution in [3.05, 3.63) is 59.7 Å². The van der Waals surface area contributed by atoms with Gasteiger partial charge in [0, 0.05) is 5.56 Å². The third kappa shape index (κ3) is 3.79. The number of carbonyl (C=O) groups is 1. The van der Waals surface area contributed by atoms with Gasteiger partial charge in [-0.1, -0.05) is 30.3 Å². The van der Waals surface area contributed by atoms with Crippen LogP contribution in [0, 0.1) is 0 Å². The van der Waals surface area contributed by atoms with Gasteiger partial charge < -0.3 is 14.6 Å². The van der Waals surface area contributed by atoms with Crippen molar-refractivity contribution in [2.75, 3.05) is 14.2 Å². The van der Waals surface area contributed by atoms with E-state index in [2.05, 4.69) is 0 Å². The van der Waals surface area contributed by atoms with Gasteiger partial charge in [-0.2, -0.15) is 0 Å². The number of hydrogen-bond acceptors (Lipinski definition) is 3. The molecule has 0 amide bonds. The van der Waals surface area contributed by atoms with Gasteiger partial charge in [-0.05, 0) is 36.6 Å².